The monoisotopic (exact) mass is 509 g/mol. The summed E-state index contributed by atoms with van der Waals surface area (Å²) in [5.74, 6) is -1.41. The summed E-state index contributed by atoms with van der Waals surface area (Å²) < 4.78 is 67.3. The summed E-state index contributed by atoms with van der Waals surface area (Å²) in [6.07, 6.45) is 3.78. The van der Waals surface area contributed by atoms with E-state index in [0.717, 1.165) is 31.4 Å². The number of amides is 1. The fourth-order valence-electron chi connectivity index (χ4n) is 4.34. The lowest BCUT2D eigenvalue weighted by molar-refractivity contribution is -0.120. The minimum absolute atomic E-state index is 0.0135. The number of hydrogen-bond acceptors (Lipinski definition) is 5. The van der Waals surface area contributed by atoms with Gasteiger partial charge in [0.05, 0.1) is 15.7 Å². The van der Waals surface area contributed by atoms with Gasteiger partial charge >= 0.3 is 0 Å². The minimum Gasteiger partial charge on any atom is -0.326 e. The average Bonchev–Trinajstić information content (AvgIpc) is 2.85. The van der Waals surface area contributed by atoms with Crippen LogP contribution in [0, 0.1) is 11.7 Å². The van der Waals surface area contributed by atoms with Crippen LogP contribution >= 0.6 is 0 Å². The van der Waals surface area contributed by atoms with Gasteiger partial charge in [0, 0.05) is 31.9 Å². The van der Waals surface area contributed by atoms with E-state index < -0.39 is 31.8 Å². The zero-order valence-electron chi connectivity index (χ0n) is 18.7. The van der Waals surface area contributed by atoms with Crippen molar-refractivity contribution in [3.05, 3.63) is 54.3 Å². The van der Waals surface area contributed by atoms with Crippen molar-refractivity contribution in [3.8, 4) is 0 Å². The SMILES string of the molecule is O=C(Nc1ccc(S(=O)(=O)N2CCCCC2)cc1)[C@@H]1CCCN(S(=O)(=O)c2ccc(F)cc2)C1. The Morgan fingerprint density at radius 1 is 0.765 bits per heavy atom. The first-order chi connectivity index (χ1) is 16.2. The lowest BCUT2D eigenvalue weighted by Gasteiger charge is -2.31. The van der Waals surface area contributed by atoms with E-state index in [1.54, 1.807) is 12.1 Å². The van der Waals surface area contributed by atoms with Crippen LogP contribution in [-0.4, -0.2) is 57.5 Å². The quantitative estimate of drug-likeness (QED) is 0.645. The molecule has 1 N–H and O–H groups in total. The van der Waals surface area contributed by atoms with Gasteiger partial charge in [-0.05, 0) is 74.2 Å². The first-order valence-corrected chi connectivity index (χ1v) is 14.2. The summed E-state index contributed by atoms with van der Waals surface area (Å²) >= 11 is 0. The molecule has 0 radical (unpaired) electrons. The number of carbonyl (C=O) groups excluding carboxylic acids is 1. The molecule has 0 unspecified atom stereocenters. The lowest BCUT2D eigenvalue weighted by atomic mass is 9.99. The Bertz CT molecular complexity index is 1230. The van der Waals surface area contributed by atoms with Crippen LogP contribution < -0.4 is 5.32 Å². The van der Waals surface area contributed by atoms with Crippen molar-refractivity contribution in [2.75, 3.05) is 31.5 Å². The van der Waals surface area contributed by atoms with Gasteiger partial charge < -0.3 is 5.32 Å². The van der Waals surface area contributed by atoms with Crippen molar-refractivity contribution >= 4 is 31.6 Å². The van der Waals surface area contributed by atoms with Crippen LogP contribution in [0.2, 0.25) is 0 Å². The number of hydrogen-bond donors (Lipinski definition) is 1. The van der Waals surface area contributed by atoms with Gasteiger partial charge in [-0.1, -0.05) is 6.42 Å². The van der Waals surface area contributed by atoms with Crippen LogP contribution in [0.5, 0.6) is 0 Å². The number of nitrogens with one attached hydrogen (secondary N) is 1. The Morgan fingerprint density at radius 2 is 1.29 bits per heavy atom. The largest absolute Gasteiger partial charge is 0.326 e. The van der Waals surface area contributed by atoms with Gasteiger partial charge in [0.25, 0.3) is 0 Å². The summed E-state index contributed by atoms with van der Waals surface area (Å²) in [6.45, 7) is 1.33. The van der Waals surface area contributed by atoms with Crippen LogP contribution in [0.1, 0.15) is 32.1 Å². The summed E-state index contributed by atoms with van der Waals surface area (Å²) in [6, 6.07) is 10.7. The Kier molecular flexibility index (Phi) is 7.36. The van der Waals surface area contributed by atoms with Crippen LogP contribution in [0.25, 0.3) is 0 Å². The van der Waals surface area contributed by atoms with Gasteiger partial charge in [-0.2, -0.15) is 8.61 Å². The molecule has 1 atom stereocenters. The molecule has 4 rings (SSSR count). The fraction of sp³-hybridized carbons (Fsp3) is 0.435. The van der Waals surface area contributed by atoms with Crippen LogP contribution in [0.15, 0.2) is 58.3 Å². The van der Waals surface area contributed by atoms with Gasteiger partial charge in [0.2, 0.25) is 26.0 Å². The van der Waals surface area contributed by atoms with Gasteiger partial charge in [0.15, 0.2) is 0 Å². The normalized spacial score (nSPS) is 20.7. The fourth-order valence-corrected chi connectivity index (χ4v) is 7.38. The first kappa shape index (κ1) is 24.8. The molecule has 2 saturated heterocycles. The second kappa shape index (κ2) is 10.1. The average molecular weight is 510 g/mol. The van der Waals surface area contributed by atoms with Gasteiger partial charge in [0.1, 0.15) is 5.82 Å². The van der Waals surface area contributed by atoms with Gasteiger partial charge in [-0.3, -0.25) is 4.79 Å². The number of piperidine rings is 2. The molecule has 2 fully saturated rings. The zero-order chi connectivity index (χ0) is 24.3. The molecule has 11 heteroatoms. The summed E-state index contributed by atoms with van der Waals surface area (Å²) in [4.78, 5) is 13.0. The van der Waals surface area contributed by atoms with E-state index in [0.29, 0.717) is 31.6 Å². The Balaban J connectivity index is 1.41. The van der Waals surface area contributed by atoms with E-state index in [4.69, 9.17) is 0 Å². The highest BCUT2D eigenvalue weighted by Crippen LogP contribution is 2.26. The molecule has 0 aromatic heterocycles. The molecule has 34 heavy (non-hydrogen) atoms. The second-order valence-corrected chi connectivity index (χ2v) is 12.5. The van der Waals surface area contributed by atoms with E-state index >= 15 is 0 Å². The summed E-state index contributed by atoms with van der Waals surface area (Å²) in [5.41, 5.74) is 0.445. The molecule has 2 heterocycles. The highest BCUT2D eigenvalue weighted by atomic mass is 32.2. The number of rotatable bonds is 6. The van der Waals surface area contributed by atoms with Crippen LogP contribution in [0.4, 0.5) is 10.1 Å². The lowest BCUT2D eigenvalue weighted by Crippen LogP contribution is -2.43. The molecular weight excluding hydrogens is 481 g/mol. The van der Waals surface area contributed by atoms with Crippen LogP contribution in [0.3, 0.4) is 0 Å². The molecule has 2 aromatic carbocycles. The van der Waals surface area contributed by atoms with E-state index in [9.17, 15) is 26.0 Å². The standard InChI is InChI=1S/C23H28FN3O5S2/c24-19-6-10-21(11-7-19)34(31,32)27-16-4-5-18(17-27)23(28)25-20-8-12-22(13-9-20)33(29,30)26-14-2-1-3-15-26/h6-13,18H,1-5,14-17H2,(H,25,28)/t18-/m1/s1. The molecule has 2 aliphatic heterocycles. The molecule has 184 valence electrons. The van der Waals surface area contributed by atoms with Crippen molar-refractivity contribution < 1.29 is 26.0 Å². The van der Waals surface area contributed by atoms with Crippen molar-refractivity contribution in [2.24, 2.45) is 5.92 Å². The topological polar surface area (TPSA) is 104 Å². The molecule has 0 aliphatic carbocycles. The number of anilines is 1. The van der Waals surface area contributed by atoms with Crippen molar-refractivity contribution in [3.63, 3.8) is 0 Å². The van der Waals surface area contributed by atoms with Crippen molar-refractivity contribution in [2.45, 2.75) is 41.9 Å². The molecule has 1 amide bonds. The Hall–Kier alpha value is -2.34. The molecular formula is C23H28FN3O5S2. The highest BCUT2D eigenvalue weighted by Gasteiger charge is 2.33. The Morgan fingerprint density at radius 3 is 1.91 bits per heavy atom. The number of halogens is 1. The number of sulfonamides is 2. The molecule has 2 aromatic rings. The molecule has 0 saturated carbocycles. The maximum atomic E-state index is 13.2. The molecule has 2 aliphatic rings. The molecule has 0 bridgehead atoms. The Labute approximate surface area is 199 Å². The summed E-state index contributed by atoms with van der Waals surface area (Å²) in [7, 11) is -7.39. The maximum Gasteiger partial charge on any atom is 0.243 e. The van der Waals surface area contributed by atoms with Gasteiger partial charge in [-0.15, -0.1) is 0 Å². The third-order valence-corrected chi connectivity index (χ3v) is 10.1. The zero-order valence-corrected chi connectivity index (χ0v) is 20.3. The minimum atomic E-state index is -3.84. The smallest absolute Gasteiger partial charge is 0.243 e. The van der Waals surface area contributed by atoms with Gasteiger partial charge in [-0.25, -0.2) is 21.2 Å². The highest BCUT2D eigenvalue weighted by molar-refractivity contribution is 7.89. The predicted molar refractivity (Wildman–Crippen MR) is 126 cm³/mol. The number of benzene rings is 2. The number of nitrogens with zero attached hydrogens (tertiary/aromatic N) is 2. The van der Waals surface area contributed by atoms with Crippen molar-refractivity contribution in [1.29, 1.82) is 0 Å². The molecule has 8 nitrogen and oxygen atoms in total. The van der Waals surface area contributed by atoms with E-state index in [-0.39, 0.29) is 28.8 Å². The van der Waals surface area contributed by atoms with E-state index in [2.05, 4.69) is 5.32 Å². The first-order valence-electron chi connectivity index (χ1n) is 11.3. The van der Waals surface area contributed by atoms with Crippen molar-refractivity contribution in [1.82, 2.24) is 8.61 Å². The maximum absolute atomic E-state index is 13.2. The molecule has 0 spiro atoms. The van der Waals surface area contributed by atoms with Crippen LogP contribution in [-0.2, 0) is 24.8 Å². The van der Waals surface area contributed by atoms with E-state index in [1.165, 1.54) is 32.9 Å². The predicted octanol–water partition coefficient (Wildman–Crippen LogP) is 3.04. The second-order valence-electron chi connectivity index (χ2n) is 8.63. The van der Waals surface area contributed by atoms with E-state index in [1.807, 2.05) is 0 Å². The number of carbonyl (C=O) groups is 1. The third kappa shape index (κ3) is 5.32. The third-order valence-electron chi connectivity index (χ3n) is 6.28. The summed E-state index contributed by atoms with van der Waals surface area (Å²) in [5, 5.41) is 2.77.